The molecule has 3 aromatic rings. The Bertz CT molecular complexity index is 976. The lowest BCUT2D eigenvalue weighted by molar-refractivity contribution is 0.261. The number of H-pyrrole nitrogens is 1. The Hall–Kier alpha value is -2.95. The van der Waals surface area contributed by atoms with Gasteiger partial charge in [0.05, 0.1) is 12.6 Å². The molecule has 0 fully saturated rings. The van der Waals surface area contributed by atoms with Crippen LogP contribution in [0.1, 0.15) is 36.1 Å². The van der Waals surface area contributed by atoms with Crippen molar-refractivity contribution < 1.29 is 4.74 Å². The average Bonchev–Trinajstić information content (AvgIpc) is 3.16. The lowest BCUT2D eigenvalue weighted by Crippen LogP contribution is -2.41. The molecule has 0 aliphatic carbocycles. The van der Waals surface area contributed by atoms with Gasteiger partial charge >= 0.3 is 0 Å². The maximum atomic E-state index is 5.75. The number of hydrogen-bond donors (Lipinski definition) is 3. The molecular formula is C23H28N4O. The summed E-state index contributed by atoms with van der Waals surface area (Å²) in [5.74, 6) is 1.79. The second-order valence-corrected chi connectivity index (χ2v) is 7.13. The van der Waals surface area contributed by atoms with Crippen molar-refractivity contribution in [1.82, 2.24) is 15.6 Å². The molecule has 5 nitrogen and oxygen atoms in total. The monoisotopic (exact) mass is 376 g/mol. The number of benzene rings is 2. The highest BCUT2D eigenvalue weighted by Crippen LogP contribution is 2.31. The zero-order valence-corrected chi connectivity index (χ0v) is 16.6. The summed E-state index contributed by atoms with van der Waals surface area (Å²) in [5.41, 5.74) is 5.17. The van der Waals surface area contributed by atoms with Crippen LogP contribution in [-0.2, 0) is 12.8 Å². The summed E-state index contributed by atoms with van der Waals surface area (Å²) in [6.07, 6.45) is 5.05. The second-order valence-electron chi connectivity index (χ2n) is 7.13. The number of fused-ring (bicyclic) bond motifs is 2. The number of aliphatic imine (C=N–C) groups is 1. The fraction of sp³-hybridized carbons (Fsp3) is 0.348. The number of aryl methyl sites for hydroxylation is 1. The minimum absolute atomic E-state index is 0.219. The van der Waals surface area contributed by atoms with Crippen LogP contribution < -0.4 is 15.4 Å². The highest BCUT2D eigenvalue weighted by molar-refractivity contribution is 5.86. The minimum atomic E-state index is 0.219. The summed E-state index contributed by atoms with van der Waals surface area (Å²) in [6.45, 7) is 3.75. The van der Waals surface area contributed by atoms with Crippen molar-refractivity contribution in [3.63, 3.8) is 0 Å². The Labute approximate surface area is 166 Å². The average molecular weight is 377 g/mol. The van der Waals surface area contributed by atoms with Gasteiger partial charge in [0.2, 0.25) is 0 Å². The van der Waals surface area contributed by atoms with E-state index in [1.54, 1.807) is 0 Å². The zero-order valence-electron chi connectivity index (χ0n) is 16.6. The van der Waals surface area contributed by atoms with Gasteiger partial charge in [-0.25, -0.2) is 0 Å². The van der Waals surface area contributed by atoms with E-state index in [9.17, 15) is 0 Å². The Morgan fingerprint density at radius 2 is 2.07 bits per heavy atom. The van der Waals surface area contributed by atoms with Gasteiger partial charge in [-0.2, -0.15) is 0 Å². The first-order valence-corrected chi connectivity index (χ1v) is 10.1. The molecule has 5 heteroatoms. The molecule has 1 aliphatic rings. The number of nitrogens with one attached hydrogen (secondary N) is 3. The van der Waals surface area contributed by atoms with Crippen molar-refractivity contribution in [2.75, 3.05) is 20.2 Å². The highest BCUT2D eigenvalue weighted by atomic mass is 16.5. The van der Waals surface area contributed by atoms with Gasteiger partial charge in [0.15, 0.2) is 5.96 Å². The fourth-order valence-electron chi connectivity index (χ4n) is 3.94. The lowest BCUT2D eigenvalue weighted by Gasteiger charge is -2.28. The number of guanidine groups is 1. The maximum Gasteiger partial charge on any atom is 0.191 e. The van der Waals surface area contributed by atoms with E-state index in [2.05, 4.69) is 64.1 Å². The first-order chi connectivity index (χ1) is 13.8. The van der Waals surface area contributed by atoms with Crippen LogP contribution in [0.4, 0.5) is 0 Å². The number of ether oxygens (including phenoxy) is 1. The van der Waals surface area contributed by atoms with Crippen LogP contribution in [-0.4, -0.2) is 31.1 Å². The van der Waals surface area contributed by atoms with Crippen molar-refractivity contribution in [2.45, 2.75) is 32.2 Å². The van der Waals surface area contributed by atoms with Crippen LogP contribution in [0.25, 0.3) is 10.9 Å². The molecule has 3 N–H and O–H groups in total. The molecule has 2 heterocycles. The quantitative estimate of drug-likeness (QED) is 0.467. The van der Waals surface area contributed by atoms with Gasteiger partial charge in [-0.3, -0.25) is 4.99 Å². The van der Waals surface area contributed by atoms with E-state index in [0.717, 1.165) is 44.1 Å². The van der Waals surface area contributed by atoms with E-state index in [-0.39, 0.29) is 6.04 Å². The van der Waals surface area contributed by atoms with Gasteiger partial charge in [0.25, 0.3) is 0 Å². The Kier molecular flexibility index (Phi) is 5.51. The zero-order chi connectivity index (χ0) is 19.3. The third-order valence-corrected chi connectivity index (χ3v) is 5.45. The minimum Gasteiger partial charge on any atom is -0.493 e. The Balaban J connectivity index is 1.38. The van der Waals surface area contributed by atoms with Crippen molar-refractivity contribution in [2.24, 2.45) is 4.99 Å². The standard InChI is InChI=1S/C23H28N4O/c1-3-16-7-6-9-18-17(15-26-22(16)18)11-13-25-23(24-2)27-20-12-14-28-21-10-5-4-8-19(20)21/h4-10,15,20,26H,3,11-14H2,1-2H3,(H2,24,25,27). The van der Waals surface area contributed by atoms with E-state index in [0.29, 0.717) is 0 Å². The summed E-state index contributed by atoms with van der Waals surface area (Å²) in [5, 5.41) is 8.33. The van der Waals surface area contributed by atoms with Crippen LogP contribution in [0.5, 0.6) is 5.75 Å². The molecule has 28 heavy (non-hydrogen) atoms. The van der Waals surface area contributed by atoms with E-state index in [1.807, 2.05) is 19.2 Å². The number of hydrogen-bond acceptors (Lipinski definition) is 2. The molecular weight excluding hydrogens is 348 g/mol. The second kappa shape index (κ2) is 8.38. The molecule has 1 atom stereocenters. The summed E-state index contributed by atoms with van der Waals surface area (Å²) < 4.78 is 5.75. The largest absolute Gasteiger partial charge is 0.493 e. The van der Waals surface area contributed by atoms with Gasteiger partial charge in [-0.05, 0) is 30.0 Å². The molecule has 1 unspecified atom stereocenters. The molecule has 0 bridgehead atoms. The van der Waals surface area contributed by atoms with Crippen LogP contribution in [0, 0.1) is 0 Å². The number of aromatic nitrogens is 1. The van der Waals surface area contributed by atoms with E-state index in [1.165, 1.54) is 27.6 Å². The van der Waals surface area contributed by atoms with Crippen LogP contribution >= 0.6 is 0 Å². The SMILES string of the molecule is CCc1cccc2c(CCNC(=NC)NC3CCOc4ccccc43)c[nH]c12. The number of nitrogens with zero attached hydrogens (tertiary/aromatic N) is 1. The van der Waals surface area contributed by atoms with E-state index >= 15 is 0 Å². The van der Waals surface area contributed by atoms with E-state index < -0.39 is 0 Å². The Morgan fingerprint density at radius 3 is 2.93 bits per heavy atom. The van der Waals surface area contributed by atoms with Gasteiger partial charge in [0, 0.05) is 42.7 Å². The summed E-state index contributed by atoms with van der Waals surface area (Å²) >= 11 is 0. The van der Waals surface area contributed by atoms with Crippen molar-refractivity contribution >= 4 is 16.9 Å². The van der Waals surface area contributed by atoms with Crippen molar-refractivity contribution in [1.29, 1.82) is 0 Å². The van der Waals surface area contributed by atoms with Gasteiger partial charge in [-0.15, -0.1) is 0 Å². The molecule has 4 rings (SSSR count). The molecule has 0 radical (unpaired) electrons. The molecule has 146 valence electrons. The van der Waals surface area contributed by atoms with Crippen LogP contribution in [0.3, 0.4) is 0 Å². The molecule has 0 amide bonds. The summed E-state index contributed by atoms with van der Waals surface area (Å²) in [7, 11) is 1.82. The molecule has 2 aromatic carbocycles. The summed E-state index contributed by atoms with van der Waals surface area (Å²) in [4.78, 5) is 7.86. The lowest BCUT2D eigenvalue weighted by atomic mass is 10.0. The maximum absolute atomic E-state index is 5.75. The number of aromatic amines is 1. The molecule has 0 spiro atoms. The highest BCUT2D eigenvalue weighted by Gasteiger charge is 2.21. The third-order valence-electron chi connectivity index (χ3n) is 5.45. The third kappa shape index (κ3) is 3.70. The predicted octanol–water partition coefficient (Wildman–Crippen LogP) is 3.96. The molecule has 1 aromatic heterocycles. The van der Waals surface area contributed by atoms with Gasteiger partial charge in [-0.1, -0.05) is 43.3 Å². The topological polar surface area (TPSA) is 61.4 Å². The number of para-hydroxylation sites is 2. The van der Waals surface area contributed by atoms with Crippen molar-refractivity contribution in [3.05, 3.63) is 65.4 Å². The fourth-order valence-corrected chi connectivity index (χ4v) is 3.94. The molecule has 1 aliphatic heterocycles. The van der Waals surface area contributed by atoms with Crippen molar-refractivity contribution in [3.8, 4) is 5.75 Å². The smallest absolute Gasteiger partial charge is 0.191 e. The normalized spacial score (nSPS) is 16.5. The van der Waals surface area contributed by atoms with Gasteiger partial charge < -0.3 is 20.4 Å². The molecule has 0 saturated heterocycles. The first kappa shape index (κ1) is 18.4. The molecule has 0 saturated carbocycles. The van der Waals surface area contributed by atoms with Gasteiger partial charge in [0.1, 0.15) is 5.75 Å². The number of rotatable bonds is 5. The first-order valence-electron chi connectivity index (χ1n) is 10.1. The van der Waals surface area contributed by atoms with Crippen LogP contribution in [0.2, 0.25) is 0 Å². The Morgan fingerprint density at radius 1 is 1.18 bits per heavy atom. The van der Waals surface area contributed by atoms with E-state index in [4.69, 9.17) is 4.74 Å². The van der Waals surface area contributed by atoms with Crippen LogP contribution in [0.15, 0.2) is 53.7 Å². The summed E-state index contributed by atoms with van der Waals surface area (Å²) in [6, 6.07) is 15.0. The predicted molar refractivity (Wildman–Crippen MR) is 115 cm³/mol.